The molecule has 2 nitrogen and oxygen atoms in total. The van der Waals surface area contributed by atoms with E-state index in [1.54, 1.807) is 19.2 Å². The Bertz CT molecular complexity index is 191. The minimum atomic E-state index is 0.292. The third-order valence-corrected chi connectivity index (χ3v) is 1.25. The van der Waals surface area contributed by atoms with Crippen LogP contribution in [0, 0.1) is 0 Å². The van der Waals surface area contributed by atoms with Crippen LogP contribution in [0.4, 0.5) is 0 Å². The summed E-state index contributed by atoms with van der Waals surface area (Å²) in [5, 5.41) is 8.88. The van der Waals surface area contributed by atoms with Crippen LogP contribution in [-0.2, 0) is 11.3 Å². The summed E-state index contributed by atoms with van der Waals surface area (Å²) in [5.41, 5.74) is 1.07. The molecule has 0 fully saturated rings. The van der Waals surface area contributed by atoms with Crippen LogP contribution < -0.4 is 0 Å². The predicted octanol–water partition coefficient (Wildman–Crippen LogP) is 2.56. The van der Waals surface area contributed by atoms with Crippen molar-refractivity contribution in [2.45, 2.75) is 20.5 Å². The van der Waals surface area contributed by atoms with Crippen LogP contribution in [0.25, 0.3) is 0 Å². The molecule has 1 rings (SSSR count). The minimum Gasteiger partial charge on any atom is -0.508 e. The fourth-order valence-electron chi connectivity index (χ4n) is 0.759. The first kappa shape index (κ1) is 11.0. The van der Waals surface area contributed by atoms with E-state index < -0.39 is 0 Å². The van der Waals surface area contributed by atoms with Gasteiger partial charge in [-0.25, -0.2) is 0 Å². The number of ether oxygens (including phenoxy) is 1. The van der Waals surface area contributed by atoms with Gasteiger partial charge in [0.15, 0.2) is 0 Å². The van der Waals surface area contributed by atoms with Crippen molar-refractivity contribution in [3.05, 3.63) is 29.8 Å². The smallest absolute Gasteiger partial charge is 0.115 e. The van der Waals surface area contributed by atoms with Gasteiger partial charge >= 0.3 is 0 Å². The lowest BCUT2D eigenvalue weighted by Crippen LogP contribution is -1.84. The van der Waals surface area contributed by atoms with Gasteiger partial charge in [0.25, 0.3) is 0 Å². The zero-order valence-corrected chi connectivity index (χ0v) is 7.87. The molecule has 12 heavy (non-hydrogen) atoms. The van der Waals surface area contributed by atoms with Gasteiger partial charge in [-0.05, 0) is 17.7 Å². The monoisotopic (exact) mass is 168 g/mol. The van der Waals surface area contributed by atoms with Gasteiger partial charge in [0.1, 0.15) is 5.75 Å². The molecule has 1 N–H and O–H groups in total. The van der Waals surface area contributed by atoms with Crippen LogP contribution in [0.2, 0.25) is 0 Å². The molecular formula is C10H16O2. The van der Waals surface area contributed by atoms with E-state index >= 15 is 0 Å². The van der Waals surface area contributed by atoms with Crippen molar-refractivity contribution in [3.8, 4) is 5.75 Å². The molecule has 1 aromatic carbocycles. The number of hydrogen-bond donors (Lipinski definition) is 1. The van der Waals surface area contributed by atoms with Crippen molar-refractivity contribution in [3.63, 3.8) is 0 Å². The fraction of sp³-hybridized carbons (Fsp3) is 0.400. The summed E-state index contributed by atoms with van der Waals surface area (Å²) >= 11 is 0. The summed E-state index contributed by atoms with van der Waals surface area (Å²) in [6, 6.07) is 6.96. The second-order valence-electron chi connectivity index (χ2n) is 2.10. The van der Waals surface area contributed by atoms with E-state index in [1.165, 1.54) is 0 Å². The van der Waals surface area contributed by atoms with Crippen molar-refractivity contribution >= 4 is 0 Å². The highest BCUT2D eigenvalue weighted by molar-refractivity contribution is 5.25. The number of aromatic hydroxyl groups is 1. The Balaban J connectivity index is 0.000000561. The standard InChI is InChI=1S/C8H10O2.C2H6/c1-10-6-7-2-4-8(9)5-3-7;1-2/h2-5,9H,6H2,1H3;1-2H3. The number of methoxy groups -OCH3 is 1. The Kier molecular flexibility index (Phi) is 6.11. The van der Waals surface area contributed by atoms with Crippen LogP contribution in [-0.4, -0.2) is 12.2 Å². The number of rotatable bonds is 2. The molecule has 0 atom stereocenters. The molecule has 0 heterocycles. The first-order chi connectivity index (χ1) is 5.83. The zero-order chi connectivity index (χ0) is 9.40. The summed E-state index contributed by atoms with van der Waals surface area (Å²) in [6.45, 7) is 4.60. The molecule has 0 saturated heterocycles. The quantitative estimate of drug-likeness (QED) is 0.735. The minimum absolute atomic E-state index is 0.292. The van der Waals surface area contributed by atoms with Crippen LogP contribution in [0.1, 0.15) is 19.4 Å². The number of hydrogen-bond acceptors (Lipinski definition) is 2. The Morgan fingerprint density at radius 2 is 1.67 bits per heavy atom. The molecule has 0 aliphatic carbocycles. The van der Waals surface area contributed by atoms with E-state index in [4.69, 9.17) is 9.84 Å². The second-order valence-corrected chi connectivity index (χ2v) is 2.10. The van der Waals surface area contributed by atoms with E-state index in [0.717, 1.165) is 5.56 Å². The average molecular weight is 168 g/mol. The van der Waals surface area contributed by atoms with Gasteiger partial charge in [0, 0.05) is 7.11 Å². The van der Waals surface area contributed by atoms with Gasteiger partial charge in [-0.2, -0.15) is 0 Å². The Morgan fingerprint density at radius 1 is 1.17 bits per heavy atom. The molecule has 68 valence electrons. The third-order valence-electron chi connectivity index (χ3n) is 1.25. The van der Waals surface area contributed by atoms with Crippen molar-refractivity contribution in [2.75, 3.05) is 7.11 Å². The molecule has 0 bridgehead atoms. The van der Waals surface area contributed by atoms with Gasteiger partial charge in [-0.1, -0.05) is 26.0 Å². The summed E-state index contributed by atoms with van der Waals surface area (Å²) < 4.78 is 4.89. The van der Waals surface area contributed by atoms with Crippen LogP contribution in [0.3, 0.4) is 0 Å². The highest BCUT2D eigenvalue weighted by Gasteiger charge is 1.89. The lowest BCUT2D eigenvalue weighted by molar-refractivity contribution is 0.185. The molecule has 0 saturated carbocycles. The van der Waals surface area contributed by atoms with Crippen LogP contribution in [0.15, 0.2) is 24.3 Å². The van der Waals surface area contributed by atoms with Crippen molar-refractivity contribution < 1.29 is 9.84 Å². The van der Waals surface area contributed by atoms with Gasteiger partial charge < -0.3 is 9.84 Å². The summed E-state index contributed by atoms with van der Waals surface area (Å²) in [4.78, 5) is 0. The van der Waals surface area contributed by atoms with E-state index in [0.29, 0.717) is 12.4 Å². The summed E-state index contributed by atoms with van der Waals surface area (Å²) in [6.07, 6.45) is 0. The van der Waals surface area contributed by atoms with Gasteiger partial charge in [-0.15, -0.1) is 0 Å². The van der Waals surface area contributed by atoms with E-state index in [2.05, 4.69) is 0 Å². The normalized spacial score (nSPS) is 8.58. The maximum Gasteiger partial charge on any atom is 0.115 e. The van der Waals surface area contributed by atoms with Gasteiger partial charge in [0.05, 0.1) is 6.61 Å². The molecule has 0 amide bonds. The van der Waals surface area contributed by atoms with Crippen molar-refractivity contribution in [2.24, 2.45) is 0 Å². The largest absolute Gasteiger partial charge is 0.508 e. The second kappa shape index (κ2) is 6.68. The predicted molar refractivity (Wildman–Crippen MR) is 50.2 cm³/mol. The maximum atomic E-state index is 8.88. The molecule has 0 aromatic heterocycles. The highest BCUT2D eigenvalue weighted by atomic mass is 16.5. The average Bonchev–Trinajstić information content (AvgIpc) is 2.13. The molecule has 0 aliphatic heterocycles. The van der Waals surface area contributed by atoms with Crippen LogP contribution in [0.5, 0.6) is 5.75 Å². The molecule has 0 radical (unpaired) electrons. The Morgan fingerprint density at radius 3 is 2.08 bits per heavy atom. The molecule has 1 aromatic rings. The highest BCUT2D eigenvalue weighted by Crippen LogP contribution is 2.09. The first-order valence-electron chi connectivity index (χ1n) is 4.10. The van der Waals surface area contributed by atoms with Crippen molar-refractivity contribution in [1.29, 1.82) is 0 Å². The lowest BCUT2D eigenvalue weighted by Gasteiger charge is -1.97. The Hall–Kier alpha value is -1.02. The third kappa shape index (κ3) is 3.98. The molecule has 0 aliphatic rings. The topological polar surface area (TPSA) is 29.5 Å². The number of phenols is 1. The van der Waals surface area contributed by atoms with Gasteiger partial charge in [-0.3, -0.25) is 0 Å². The molecule has 0 unspecified atom stereocenters. The van der Waals surface area contributed by atoms with Crippen LogP contribution >= 0.6 is 0 Å². The Labute approximate surface area is 73.8 Å². The molecule has 0 spiro atoms. The molecule has 2 heteroatoms. The van der Waals surface area contributed by atoms with Crippen molar-refractivity contribution in [1.82, 2.24) is 0 Å². The number of phenolic OH excluding ortho intramolecular Hbond substituents is 1. The molecular weight excluding hydrogens is 152 g/mol. The lowest BCUT2D eigenvalue weighted by atomic mass is 10.2. The SMILES string of the molecule is CC.COCc1ccc(O)cc1. The summed E-state index contributed by atoms with van der Waals surface area (Å²) in [7, 11) is 1.65. The van der Waals surface area contributed by atoms with E-state index in [1.807, 2.05) is 26.0 Å². The zero-order valence-electron chi connectivity index (χ0n) is 7.87. The van der Waals surface area contributed by atoms with E-state index in [9.17, 15) is 0 Å². The van der Waals surface area contributed by atoms with E-state index in [-0.39, 0.29) is 0 Å². The summed E-state index contributed by atoms with van der Waals surface area (Å²) in [5.74, 6) is 0.292. The number of benzene rings is 1. The van der Waals surface area contributed by atoms with Gasteiger partial charge in [0.2, 0.25) is 0 Å². The maximum absolute atomic E-state index is 8.88. The fourth-order valence-corrected chi connectivity index (χ4v) is 0.759. The first-order valence-corrected chi connectivity index (χ1v) is 4.10.